The van der Waals surface area contributed by atoms with E-state index in [1.165, 1.54) is 5.01 Å². The molecule has 0 radical (unpaired) electrons. The molecule has 1 N–H and O–H groups in total. The second-order valence-electron chi connectivity index (χ2n) is 7.66. The molecule has 1 aromatic heterocycles. The first-order valence-corrected chi connectivity index (χ1v) is 10.5. The van der Waals surface area contributed by atoms with Gasteiger partial charge in [-0.05, 0) is 64.9 Å². The molecule has 6 nitrogen and oxygen atoms in total. The summed E-state index contributed by atoms with van der Waals surface area (Å²) >= 11 is 0. The van der Waals surface area contributed by atoms with Crippen LogP contribution in [0.3, 0.4) is 0 Å². The highest BCUT2D eigenvalue weighted by atomic mass is 16.5. The lowest BCUT2D eigenvalue weighted by molar-refractivity contribution is -0.131. The fourth-order valence-electron chi connectivity index (χ4n) is 3.96. The van der Waals surface area contributed by atoms with Gasteiger partial charge in [-0.15, -0.1) is 0 Å². The first-order valence-electron chi connectivity index (χ1n) is 10.5. The molecule has 6 heteroatoms. The second-order valence-corrected chi connectivity index (χ2v) is 7.66. The Balaban J connectivity index is 1.36. The first-order chi connectivity index (χ1) is 15.7. The normalized spacial score (nSPS) is 15.6. The highest BCUT2D eigenvalue weighted by Gasteiger charge is 2.34. The summed E-state index contributed by atoms with van der Waals surface area (Å²) in [6.45, 7) is 0.134. The molecule has 0 spiro atoms. The van der Waals surface area contributed by atoms with E-state index in [1.54, 1.807) is 13.4 Å². The smallest absolute Gasteiger partial charge is 0.262 e. The number of anilines is 1. The van der Waals surface area contributed by atoms with Crippen molar-refractivity contribution < 1.29 is 13.9 Å². The number of hydrazone groups is 1. The lowest BCUT2D eigenvalue weighted by Crippen LogP contribution is -2.32. The molecule has 4 aromatic rings. The van der Waals surface area contributed by atoms with Crippen LogP contribution < -0.4 is 10.1 Å². The van der Waals surface area contributed by atoms with E-state index < -0.39 is 0 Å². The first kappa shape index (κ1) is 19.9. The molecule has 2 heterocycles. The lowest BCUT2D eigenvalue weighted by Gasteiger charge is -2.20. The third-order valence-corrected chi connectivity index (χ3v) is 5.65. The van der Waals surface area contributed by atoms with Gasteiger partial charge in [-0.25, -0.2) is 5.01 Å². The van der Waals surface area contributed by atoms with Crippen LogP contribution >= 0.6 is 0 Å². The van der Waals surface area contributed by atoms with E-state index in [1.807, 2.05) is 66.7 Å². The van der Waals surface area contributed by atoms with E-state index in [9.17, 15) is 4.79 Å². The van der Waals surface area contributed by atoms with Gasteiger partial charge in [-0.3, -0.25) is 4.79 Å². The van der Waals surface area contributed by atoms with Crippen molar-refractivity contribution in [1.82, 2.24) is 5.01 Å². The van der Waals surface area contributed by atoms with Gasteiger partial charge in [0.2, 0.25) is 0 Å². The number of carbonyl (C=O) groups is 1. The number of hydrogen-bond acceptors (Lipinski definition) is 5. The van der Waals surface area contributed by atoms with Crippen LogP contribution in [0.5, 0.6) is 5.75 Å². The van der Waals surface area contributed by atoms with Crippen LogP contribution in [0.1, 0.15) is 23.8 Å². The van der Waals surface area contributed by atoms with Crippen LogP contribution in [-0.2, 0) is 4.79 Å². The van der Waals surface area contributed by atoms with Crippen molar-refractivity contribution >= 4 is 28.1 Å². The molecule has 0 bridgehead atoms. The number of fused-ring (bicyclic) bond motifs is 1. The van der Waals surface area contributed by atoms with Crippen molar-refractivity contribution in [3.8, 4) is 5.75 Å². The van der Waals surface area contributed by atoms with Gasteiger partial charge in [0.05, 0.1) is 25.6 Å². The Morgan fingerprint density at radius 2 is 1.88 bits per heavy atom. The molecule has 0 fully saturated rings. The van der Waals surface area contributed by atoms with E-state index in [4.69, 9.17) is 9.15 Å². The van der Waals surface area contributed by atoms with E-state index in [0.717, 1.165) is 39.2 Å². The predicted molar refractivity (Wildman–Crippen MR) is 125 cm³/mol. The van der Waals surface area contributed by atoms with Gasteiger partial charge < -0.3 is 14.5 Å². The molecule has 0 saturated carbocycles. The van der Waals surface area contributed by atoms with Gasteiger partial charge in [0.1, 0.15) is 17.6 Å². The standard InChI is InChI=1S/C26H23N3O3/c1-31-22-12-9-19(10-13-22)23-16-24(25-7-4-14-32-25)29(28-23)26(30)17-27-21-11-8-18-5-2-3-6-20(18)15-21/h2-15,24,27H,16-17H2,1H3/t24-/m0/s1. The number of hydrogen-bond donors (Lipinski definition) is 1. The number of nitrogens with one attached hydrogen (secondary N) is 1. The molecule has 160 valence electrons. The van der Waals surface area contributed by atoms with Crippen LogP contribution in [0, 0.1) is 0 Å². The fourth-order valence-corrected chi connectivity index (χ4v) is 3.96. The molecule has 0 saturated heterocycles. The number of benzene rings is 3. The van der Waals surface area contributed by atoms with Gasteiger partial charge in [-0.2, -0.15) is 5.10 Å². The third-order valence-electron chi connectivity index (χ3n) is 5.65. The van der Waals surface area contributed by atoms with Crippen molar-refractivity contribution in [3.63, 3.8) is 0 Å². The number of nitrogens with zero attached hydrogens (tertiary/aromatic N) is 2. The van der Waals surface area contributed by atoms with Crippen molar-refractivity contribution in [2.45, 2.75) is 12.5 Å². The summed E-state index contributed by atoms with van der Waals surface area (Å²) in [5.41, 5.74) is 2.69. The zero-order valence-corrected chi connectivity index (χ0v) is 17.7. The summed E-state index contributed by atoms with van der Waals surface area (Å²) in [5.74, 6) is 1.38. The quantitative estimate of drug-likeness (QED) is 0.459. The number of ether oxygens (including phenoxy) is 1. The summed E-state index contributed by atoms with van der Waals surface area (Å²) in [4.78, 5) is 13.2. The number of methoxy groups -OCH3 is 1. The van der Waals surface area contributed by atoms with Crippen LogP contribution in [0.15, 0.2) is 94.6 Å². The molecule has 0 aliphatic carbocycles. The molecule has 1 aliphatic rings. The number of carbonyl (C=O) groups excluding carboxylic acids is 1. The average Bonchev–Trinajstić information content (AvgIpc) is 3.53. The molecule has 0 unspecified atom stereocenters. The zero-order chi connectivity index (χ0) is 21.9. The maximum Gasteiger partial charge on any atom is 0.262 e. The topological polar surface area (TPSA) is 67.1 Å². The van der Waals surface area contributed by atoms with Crippen molar-refractivity contribution in [1.29, 1.82) is 0 Å². The summed E-state index contributed by atoms with van der Waals surface area (Å²) < 4.78 is 10.9. The minimum atomic E-state index is -0.270. The summed E-state index contributed by atoms with van der Waals surface area (Å²) in [7, 11) is 1.64. The number of amides is 1. The van der Waals surface area contributed by atoms with Gasteiger partial charge in [0.25, 0.3) is 5.91 Å². The molecule has 1 aliphatic heterocycles. The monoisotopic (exact) mass is 425 g/mol. The van der Waals surface area contributed by atoms with Crippen LogP contribution in [0.4, 0.5) is 5.69 Å². The molecule has 5 rings (SSSR count). The Morgan fingerprint density at radius 3 is 2.62 bits per heavy atom. The van der Waals surface area contributed by atoms with E-state index >= 15 is 0 Å². The third kappa shape index (κ3) is 3.95. The maximum atomic E-state index is 13.2. The van der Waals surface area contributed by atoms with Crippen LogP contribution in [0.25, 0.3) is 10.8 Å². The Bertz CT molecular complexity index is 1260. The second kappa shape index (κ2) is 8.59. The minimum absolute atomic E-state index is 0.122. The van der Waals surface area contributed by atoms with Gasteiger partial charge in [-0.1, -0.05) is 30.3 Å². The SMILES string of the molecule is COc1ccc(C2=NN(C(=O)CNc3ccc4ccccc4c3)[C@H](c3ccco3)C2)cc1. The van der Waals surface area contributed by atoms with E-state index in [2.05, 4.69) is 22.6 Å². The zero-order valence-electron chi connectivity index (χ0n) is 17.7. The summed E-state index contributed by atoms with van der Waals surface area (Å²) in [5, 5.41) is 11.7. The van der Waals surface area contributed by atoms with Gasteiger partial charge >= 0.3 is 0 Å². The average molecular weight is 425 g/mol. The van der Waals surface area contributed by atoms with Crippen LogP contribution in [-0.4, -0.2) is 30.3 Å². The summed E-state index contributed by atoms with van der Waals surface area (Å²) in [6, 6.07) is 25.4. The van der Waals surface area contributed by atoms with Crippen molar-refractivity contribution in [3.05, 3.63) is 96.4 Å². The van der Waals surface area contributed by atoms with Crippen molar-refractivity contribution in [2.24, 2.45) is 5.10 Å². The highest BCUT2D eigenvalue weighted by molar-refractivity contribution is 6.03. The fraction of sp³-hybridized carbons (Fsp3) is 0.154. The Morgan fingerprint density at radius 1 is 1.06 bits per heavy atom. The van der Waals surface area contributed by atoms with E-state index in [0.29, 0.717) is 6.42 Å². The molecular weight excluding hydrogens is 402 g/mol. The molecular formula is C26H23N3O3. The molecule has 32 heavy (non-hydrogen) atoms. The van der Waals surface area contributed by atoms with Gasteiger partial charge in [0.15, 0.2) is 0 Å². The Kier molecular flexibility index (Phi) is 5.34. The van der Waals surface area contributed by atoms with Crippen LogP contribution in [0.2, 0.25) is 0 Å². The van der Waals surface area contributed by atoms with Gasteiger partial charge in [0, 0.05) is 12.1 Å². The number of furan rings is 1. The predicted octanol–water partition coefficient (Wildman–Crippen LogP) is 5.23. The van der Waals surface area contributed by atoms with Crippen molar-refractivity contribution in [2.75, 3.05) is 19.0 Å². The lowest BCUT2D eigenvalue weighted by atomic mass is 10.0. The van der Waals surface area contributed by atoms with E-state index in [-0.39, 0.29) is 18.5 Å². The minimum Gasteiger partial charge on any atom is -0.497 e. The Labute approximate surface area is 186 Å². The highest BCUT2D eigenvalue weighted by Crippen LogP contribution is 2.33. The molecule has 1 atom stereocenters. The number of rotatable bonds is 6. The maximum absolute atomic E-state index is 13.2. The molecule has 1 amide bonds. The Hall–Kier alpha value is -4.06. The molecule has 3 aromatic carbocycles. The largest absolute Gasteiger partial charge is 0.497 e. The summed E-state index contributed by atoms with van der Waals surface area (Å²) in [6.07, 6.45) is 2.21.